The van der Waals surface area contributed by atoms with Gasteiger partial charge in [-0.05, 0) is 17.7 Å². The van der Waals surface area contributed by atoms with Crippen LogP contribution in [0.15, 0.2) is 54.6 Å². The molecular formula is C18H17NO4. The molecule has 0 radical (unpaired) electrons. The van der Waals surface area contributed by atoms with E-state index in [0.717, 1.165) is 5.56 Å². The third-order valence-corrected chi connectivity index (χ3v) is 3.30. The van der Waals surface area contributed by atoms with Crippen LogP contribution in [0.4, 0.5) is 0 Å². The molecule has 0 heterocycles. The number of nitrogens with zero attached hydrogens (tertiary/aromatic N) is 1. The lowest BCUT2D eigenvalue weighted by Gasteiger charge is -2.17. The summed E-state index contributed by atoms with van der Waals surface area (Å²) in [7, 11) is 1.65. The van der Waals surface area contributed by atoms with Crippen molar-refractivity contribution in [1.29, 1.82) is 0 Å². The van der Waals surface area contributed by atoms with Crippen LogP contribution >= 0.6 is 0 Å². The van der Waals surface area contributed by atoms with E-state index < -0.39 is 5.97 Å². The number of carbonyl (C=O) groups is 3. The zero-order valence-corrected chi connectivity index (χ0v) is 12.8. The molecule has 0 N–H and O–H groups in total. The predicted molar refractivity (Wildman–Crippen MR) is 85.0 cm³/mol. The Balaban J connectivity index is 1.85. The van der Waals surface area contributed by atoms with E-state index in [-0.39, 0.29) is 12.5 Å². The average molecular weight is 311 g/mol. The Morgan fingerprint density at radius 2 is 1.70 bits per heavy atom. The van der Waals surface area contributed by atoms with Crippen molar-refractivity contribution in [2.45, 2.75) is 6.54 Å². The summed E-state index contributed by atoms with van der Waals surface area (Å²) in [5, 5.41) is 0. The highest BCUT2D eigenvalue weighted by Crippen LogP contribution is 2.06. The highest BCUT2D eigenvalue weighted by molar-refractivity contribution is 5.92. The van der Waals surface area contributed by atoms with Crippen LogP contribution in [-0.2, 0) is 16.1 Å². The SMILES string of the molecule is CN(Cc1ccccc1)C(=O)COC(=O)c1ccc(C=O)cc1. The van der Waals surface area contributed by atoms with Crippen LogP contribution < -0.4 is 0 Å². The molecule has 23 heavy (non-hydrogen) atoms. The standard InChI is InChI=1S/C18H17NO4/c1-19(11-14-5-3-2-4-6-14)17(21)13-23-18(22)16-9-7-15(12-20)8-10-16/h2-10,12H,11,13H2,1H3. The summed E-state index contributed by atoms with van der Waals surface area (Å²) in [6, 6.07) is 15.6. The third-order valence-electron chi connectivity index (χ3n) is 3.30. The van der Waals surface area contributed by atoms with Crippen LogP contribution in [0.25, 0.3) is 0 Å². The number of esters is 1. The number of benzene rings is 2. The highest BCUT2D eigenvalue weighted by Gasteiger charge is 2.13. The Morgan fingerprint density at radius 3 is 2.30 bits per heavy atom. The van der Waals surface area contributed by atoms with Crippen molar-refractivity contribution in [3.05, 3.63) is 71.3 Å². The van der Waals surface area contributed by atoms with Gasteiger partial charge >= 0.3 is 5.97 Å². The second-order valence-corrected chi connectivity index (χ2v) is 5.05. The lowest BCUT2D eigenvalue weighted by atomic mass is 10.1. The summed E-state index contributed by atoms with van der Waals surface area (Å²) in [5.41, 5.74) is 1.77. The van der Waals surface area contributed by atoms with Gasteiger partial charge < -0.3 is 9.64 Å². The fraction of sp³-hybridized carbons (Fsp3) is 0.167. The number of carbonyl (C=O) groups excluding carboxylic acids is 3. The monoisotopic (exact) mass is 311 g/mol. The summed E-state index contributed by atoms with van der Waals surface area (Å²) in [5.74, 6) is -0.879. The number of hydrogen-bond acceptors (Lipinski definition) is 4. The first-order valence-electron chi connectivity index (χ1n) is 7.10. The van der Waals surface area contributed by atoms with Gasteiger partial charge in [0.25, 0.3) is 5.91 Å². The van der Waals surface area contributed by atoms with Crippen molar-refractivity contribution < 1.29 is 19.1 Å². The summed E-state index contributed by atoms with van der Waals surface area (Å²) in [4.78, 5) is 35.9. The first-order valence-corrected chi connectivity index (χ1v) is 7.10. The van der Waals surface area contributed by atoms with Gasteiger partial charge in [0.05, 0.1) is 5.56 Å². The minimum Gasteiger partial charge on any atom is -0.452 e. The van der Waals surface area contributed by atoms with Gasteiger partial charge in [0.15, 0.2) is 6.61 Å². The van der Waals surface area contributed by atoms with Gasteiger partial charge in [0, 0.05) is 19.2 Å². The summed E-state index contributed by atoms with van der Waals surface area (Å²) in [6.07, 6.45) is 0.692. The predicted octanol–water partition coefficient (Wildman–Crippen LogP) is 2.31. The van der Waals surface area contributed by atoms with E-state index in [2.05, 4.69) is 0 Å². The van der Waals surface area contributed by atoms with Gasteiger partial charge in [0.1, 0.15) is 6.29 Å². The molecule has 0 aliphatic carbocycles. The molecular weight excluding hydrogens is 294 g/mol. The maximum atomic E-state index is 12.0. The molecule has 0 saturated heterocycles. The second-order valence-electron chi connectivity index (χ2n) is 5.05. The van der Waals surface area contributed by atoms with Gasteiger partial charge in [0.2, 0.25) is 0 Å². The fourth-order valence-electron chi connectivity index (χ4n) is 1.96. The quantitative estimate of drug-likeness (QED) is 0.606. The summed E-state index contributed by atoms with van der Waals surface area (Å²) >= 11 is 0. The molecule has 2 aromatic rings. The topological polar surface area (TPSA) is 63.7 Å². The number of hydrogen-bond donors (Lipinski definition) is 0. The minimum absolute atomic E-state index is 0.285. The van der Waals surface area contributed by atoms with Crippen molar-refractivity contribution >= 4 is 18.2 Å². The molecule has 2 aromatic carbocycles. The Hall–Kier alpha value is -2.95. The molecule has 0 saturated carbocycles. The molecule has 0 aliphatic rings. The molecule has 0 atom stereocenters. The molecule has 2 rings (SSSR count). The van der Waals surface area contributed by atoms with Crippen molar-refractivity contribution in [3.63, 3.8) is 0 Å². The lowest BCUT2D eigenvalue weighted by molar-refractivity contribution is -0.133. The number of likely N-dealkylation sites (N-methyl/N-ethyl adjacent to an activating group) is 1. The molecule has 0 aromatic heterocycles. The summed E-state index contributed by atoms with van der Waals surface area (Å²) in [6.45, 7) is 0.128. The van der Waals surface area contributed by atoms with Gasteiger partial charge in [-0.25, -0.2) is 4.79 Å². The van der Waals surface area contributed by atoms with E-state index in [1.165, 1.54) is 29.2 Å². The first kappa shape index (κ1) is 16.4. The maximum absolute atomic E-state index is 12.0. The van der Waals surface area contributed by atoms with Crippen LogP contribution in [0.1, 0.15) is 26.3 Å². The van der Waals surface area contributed by atoms with Gasteiger partial charge in [-0.15, -0.1) is 0 Å². The average Bonchev–Trinajstić information content (AvgIpc) is 2.60. The smallest absolute Gasteiger partial charge is 0.338 e. The number of amides is 1. The van der Waals surface area contributed by atoms with E-state index in [1.807, 2.05) is 30.3 Å². The number of aldehydes is 1. The van der Waals surface area contributed by atoms with E-state index >= 15 is 0 Å². The van der Waals surface area contributed by atoms with E-state index in [9.17, 15) is 14.4 Å². The molecule has 0 fully saturated rings. The zero-order valence-electron chi connectivity index (χ0n) is 12.8. The van der Waals surface area contributed by atoms with Crippen molar-refractivity contribution in [2.24, 2.45) is 0 Å². The Kier molecular flexibility index (Phi) is 5.63. The fourth-order valence-corrected chi connectivity index (χ4v) is 1.96. The van der Waals surface area contributed by atoms with Crippen LogP contribution in [0.5, 0.6) is 0 Å². The van der Waals surface area contributed by atoms with Crippen molar-refractivity contribution in [2.75, 3.05) is 13.7 Å². The second kappa shape index (κ2) is 7.89. The van der Waals surface area contributed by atoms with Crippen LogP contribution in [0.3, 0.4) is 0 Å². The normalized spacial score (nSPS) is 9.96. The Labute approximate surface area is 134 Å². The molecule has 5 nitrogen and oxygen atoms in total. The first-order chi connectivity index (χ1) is 11.1. The molecule has 0 aliphatic heterocycles. The van der Waals surface area contributed by atoms with Crippen LogP contribution in [0, 0.1) is 0 Å². The highest BCUT2D eigenvalue weighted by atomic mass is 16.5. The van der Waals surface area contributed by atoms with E-state index in [4.69, 9.17) is 4.74 Å². The van der Waals surface area contributed by atoms with E-state index in [0.29, 0.717) is 24.0 Å². The molecule has 1 amide bonds. The Bertz CT molecular complexity index is 680. The number of rotatable bonds is 6. The van der Waals surface area contributed by atoms with Crippen LogP contribution in [0.2, 0.25) is 0 Å². The van der Waals surface area contributed by atoms with Crippen LogP contribution in [-0.4, -0.2) is 36.7 Å². The zero-order chi connectivity index (χ0) is 16.7. The number of ether oxygens (including phenoxy) is 1. The van der Waals surface area contributed by atoms with Gasteiger partial charge in [-0.1, -0.05) is 42.5 Å². The van der Waals surface area contributed by atoms with Gasteiger partial charge in [-0.2, -0.15) is 0 Å². The molecule has 0 bridgehead atoms. The molecule has 0 spiro atoms. The molecule has 0 unspecified atom stereocenters. The van der Waals surface area contributed by atoms with E-state index in [1.54, 1.807) is 7.05 Å². The summed E-state index contributed by atoms with van der Waals surface area (Å²) < 4.78 is 5.00. The minimum atomic E-state index is -0.594. The molecule has 118 valence electrons. The molecule has 5 heteroatoms. The van der Waals surface area contributed by atoms with Gasteiger partial charge in [-0.3, -0.25) is 9.59 Å². The Morgan fingerprint density at radius 1 is 1.04 bits per heavy atom. The van der Waals surface area contributed by atoms with Crippen molar-refractivity contribution in [1.82, 2.24) is 4.90 Å². The van der Waals surface area contributed by atoms with Crippen molar-refractivity contribution in [3.8, 4) is 0 Å². The third kappa shape index (κ3) is 4.78. The largest absolute Gasteiger partial charge is 0.452 e. The lowest BCUT2D eigenvalue weighted by Crippen LogP contribution is -2.30. The maximum Gasteiger partial charge on any atom is 0.338 e.